The summed E-state index contributed by atoms with van der Waals surface area (Å²) in [7, 11) is 0. The van der Waals surface area contributed by atoms with Crippen LogP contribution in [0.25, 0.3) is 0 Å². The van der Waals surface area contributed by atoms with Gasteiger partial charge < -0.3 is 5.11 Å². The van der Waals surface area contributed by atoms with Gasteiger partial charge in [0.2, 0.25) is 5.24 Å². The monoisotopic (exact) mass is 220 g/mol. The molecule has 0 bridgehead atoms. The predicted octanol–water partition coefficient (Wildman–Crippen LogP) is 1.60. The lowest BCUT2D eigenvalue weighted by Crippen LogP contribution is -2.13. The third-order valence-electron chi connectivity index (χ3n) is 1.97. The quantitative estimate of drug-likeness (QED) is 0.662. The lowest BCUT2D eigenvalue weighted by molar-refractivity contribution is -0.137. The van der Waals surface area contributed by atoms with E-state index in [1.54, 1.807) is 0 Å². The van der Waals surface area contributed by atoms with E-state index in [4.69, 9.17) is 16.7 Å². The van der Waals surface area contributed by atoms with Gasteiger partial charge in [0, 0.05) is 18.8 Å². The van der Waals surface area contributed by atoms with Gasteiger partial charge in [-0.25, -0.2) is 0 Å². The molecule has 0 aromatic carbocycles. The first-order valence-corrected chi connectivity index (χ1v) is 4.72. The van der Waals surface area contributed by atoms with Gasteiger partial charge in [-0.05, 0) is 31.4 Å². The van der Waals surface area contributed by atoms with Crippen LogP contribution in [0.4, 0.5) is 0 Å². The highest BCUT2D eigenvalue weighted by molar-refractivity contribution is 6.63. The Balaban J connectivity index is 3.96. The first-order valence-electron chi connectivity index (χ1n) is 4.34. The molecular formula is C9H13ClO4. The second-order valence-electron chi connectivity index (χ2n) is 3.13. The van der Waals surface area contributed by atoms with Gasteiger partial charge >= 0.3 is 5.97 Å². The van der Waals surface area contributed by atoms with E-state index in [1.165, 1.54) is 6.92 Å². The molecule has 0 rings (SSSR count). The molecule has 0 aromatic heterocycles. The molecule has 1 atom stereocenters. The van der Waals surface area contributed by atoms with Crippen LogP contribution in [0.5, 0.6) is 0 Å². The molecule has 0 saturated carbocycles. The number of carboxylic acids is 1. The topological polar surface area (TPSA) is 71.4 Å². The average Bonchev–Trinajstić information content (AvgIpc) is 2.02. The van der Waals surface area contributed by atoms with E-state index in [0.29, 0.717) is 6.42 Å². The number of aliphatic carboxylic acids is 1. The molecule has 0 spiro atoms. The summed E-state index contributed by atoms with van der Waals surface area (Å²) in [5.41, 5.74) is 0. The molecule has 0 radical (unpaired) electrons. The highest BCUT2D eigenvalue weighted by Gasteiger charge is 2.16. The zero-order valence-electron chi connectivity index (χ0n) is 7.96. The summed E-state index contributed by atoms with van der Waals surface area (Å²) in [4.78, 5) is 31.7. The van der Waals surface area contributed by atoms with E-state index < -0.39 is 11.2 Å². The van der Waals surface area contributed by atoms with Crippen molar-refractivity contribution in [3.63, 3.8) is 0 Å². The number of halogens is 1. The number of carbonyl (C=O) groups excluding carboxylic acids is 2. The summed E-state index contributed by atoms with van der Waals surface area (Å²) >= 11 is 5.12. The third kappa shape index (κ3) is 6.60. The lowest BCUT2D eigenvalue weighted by atomic mass is 9.94. The van der Waals surface area contributed by atoms with Crippen LogP contribution in [-0.4, -0.2) is 22.1 Å². The normalized spacial score (nSPS) is 12.1. The molecule has 0 aromatic rings. The Bertz CT molecular complexity index is 219. The van der Waals surface area contributed by atoms with E-state index in [1.807, 2.05) is 0 Å². The number of carbonyl (C=O) groups is 3. The van der Waals surface area contributed by atoms with Crippen molar-refractivity contribution >= 4 is 28.6 Å². The van der Waals surface area contributed by atoms with E-state index >= 15 is 0 Å². The summed E-state index contributed by atoms with van der Waals surface area (Å²) in [6.07, 6.45) is 0.673. The number of carboxylic acid groups (broad SMARTS) is 1. The number of hydrogen-bond acceptors (Lipinski definition) is 3. The molecule has 4 nitrogen and oxygen atoms in total. The minimum absolute atomic E-state index is 0.0548. The average molecular weight is 221 g/mol. The highest BCUT2D eigenvalue weighted by Crippen LogP contribution is 2.15. The molecule has 5 heteroatoms. The Morgan fingerprint density at radius 1 is 1.21 bits per heavy atom. The predicted molar refractivity (Wildman–Crippen MR) is 51.1 cm³/mol. The standard InChI is InChI=1S/C9H13ClO4/c1-6(11)7(2-4-8(10)12)3-5-9(13)14/h7H,2-5H2,1H3,(H,13,14). The highest BCUT2D eigenvalue weighted by atomic mass is 35.5. The molecule has 0 aliphatic carbocycles. The molecular weight excluding hydrogens is 208 g/mol. The lowest BCUT2D eigenvalue weighted by Gasteiger charge is -2.10. The van der Waals surface area contributed by atoms with Gasteiger partial charge in [0.15, 0.2) is 0 Å². The van der Waals surface area contributed by atoms with E-state index in [2.05, 4.69) is 0 Å². The molecule has 0 aliphatic rings. The van der Waals surface area contributed by atoms with Crippen molar-refractivity contribution in [1.29, 1.82) is 0 Å². The van der Waals surface area contributed by atoms with Crippen molar-refractivity contribution in [3.05, 3.63) is 0 Å². The Labute approximate surface area is 87.2 Å². The van der Waals surface area contributed by atoms with Crippen molar-refractivity contribution < 1.29 is 19.5 Å². The van der Waals surface area contributed by atoms with Gasteiger partial charge in [-0.2, -0.15) is 0 Å². The van der Waals surface area contributed by atoms with Crippen LogP contribution in [0, 0.1) is 5.92 Å². The minimum Gasteiger partial charge on any atom is -0.481 e. The van der Waals surface area contributed by atoms with Crippen LogP contribution in [-0.2, 0) is 14.4 Å². The third-order valence-corrected chi connectivity index (χ3v) is 2.16. The molecule has 80 valence electrons. The van der Waals surface area contributed by atoms with Crippen LogP contribution >= 0.6 is 11.6 Å². The van der Waals surface area contributed by atoms with Crippen LogP contribution in [0.15, 0.2) is 0 Å². The van der Waals surface area contributed by atoms with Gasteiger partial charge in [-0.15, -0.1) is 0 Å². The molecule has 1 unspecified atom stereocenters. The fraction of sp³-hybridized carbons (Fsp3) is 0.667. The smallest absolute Gasteiger partial charge is 0.303 e. The van der Waals surface area contributed by atoms with E-state index in [0.717, 1.165) is 0 Å². The Morgan fingerprint density at radius 2 is 1.71 bits per heavy atom. The van der Waals surface area contributed by atoms with Crippen LogP contribution in [0.1, 0.15) is 32.6 Å². The number of hydrogen-bond donors (Lipinski definition) is 1. The molecule has 0 amide bonds. The largest absolute Gasteiger partial charge is 0.481 e. The Hall–Kier alpha value is -0.900. The van der Waals surface area contributed by atoms with Gasteiger partial charge in [0.25, 0.3) is 0 Å². The maximum atomic E-state index is 11.0. The summed E-state index contributed by atoms with van der Waals surface area (Å²) in [6.45, 7) is 1.39. The zero-order valence-corrected chi connectivity index (χ0v) is 8.71. The molecule has 0 fully saturated rings. The SMILES string of the molecule is CC(=O)C(CCC(=O)O)CCC(=O)Cl. The van der Waals surface area contributed by atoms with Crippen molar-refractivity contribution in [2.45, 2.75) is 32.6 Å². The Kier molecular flexibility index (Phi) is 6.12. The first-order chi connectivity index (χ1) is 6.43. The minimum atomic E-state index is -0.937. The summed E-state index contributed by atoms with van der Waals surface area (Å²) in [6, 6.07) is 0. The molecule has 1 N–H and O–H groups in total. The summed E-state index contributed by atoms with van der Waals surface area (Å²) < 4.78 is 0. The fourth-order valence-corrected chi connectivity index (χ4v) is 1.25. The zero-order chi connectivity index (χ0) is 11.1. The van der Waals surface area contributed by atoms with Crippen LogP contribution in [0.3, 0.4) is 0 Å². The van der Waals surface area contributed by atoms with Crippen LogP contribution in [0.2, 0.25) is 0 Å². The second-order valence-corrected chi connectivity index (χ2v) is 3.56. The van der Waals surface area contributed by atoms with E-state index in [-0.39, 0.29) is 31.0 Å². The first kappa shape index (κ1) is 13.1. The van der Waals surface area contributed by atoms with Crippen molar-refractivity contribution in [2.75, 3.05) is 0 Å². The summed E-state index contributed by atoms with van der Waals surface area (Å²) in [5, 5.41) is 7.92. The van der Waals surface area contributed by atoms with Gasteiger partial charge in [0.1, 0.15) is 5.78 Å². The molecule has 0 heterocycles. The number of Topliss-reactive ketones (excluding diaryl/α,β-unsaturated/α-hetero) is 1. The van der Waals surface area contributed by atoms with Crippen molar-refractivity contribution in [1.82, 2.24) is 0 Å². The van der Waals surface area contributed by atoms with Gasteiger partial charge in [-0.1, -0.05) is 0 Å². The van der Waals surface area contributed by atoms with Crippen molar-refractivity contribution in [3.8, 4) is 0 Å². The fourth-order valence-electron chi connectivity index (χ4n) is 1.14. The molecule has 0 aliphatic heterocycles. The number of ketones is 1. The van der Waals surface area contributed by atoms with Gasteiger partial charge in [-0.3, -0.25) is 14.4 Å². The van der Waals surface area contributed by atoms with E-state index in [9.17, 15) is 14.4 Å². The summed E-state index contributed by atoms with van der Waals surface area (Å²) in [5.74, 6) is -1.40. The van der Waals surface area contributed by atoms with Crippen LogP contribution < -0.4 is 0 Å². The van der Waals surface area contributed by atoms with Gasteiger partial charge in [0.05, 0.1) is 0 Å². The Morgan fingerprint density at radius 3 is 2.07 bits per heavy atom. The maximum Gasteiger partial charge on any atom is 0.303 e. The molecule has 0 saturated heterocycles. The molecule has 14 heavy (non-hydrogen) atoms. The maximum absolute atomic E-state index is 11.0. The number of rotatable bonds is 7. The second kappa shape index (κ2) is 6.54. The van der Waals surface area contributed by atoms with Crippen molar-refractivity contribution in [2.24, 2.45) is 5.92 Å².